The zero-order valence-electron chi connectivity index (χ0n) is 4.72. The van der Waals surface area contributed by atoms with Crippen molar-refractivity contribution in [1.29, 1.82) is 0 Å². The van der Waals surface area contributed by atoms with Gasteiger partial charge in [0, 0.05) is 0 Å². The van der Waals surface area contributed by atoms with Gasteiger partial charge in [0.05, 0.1) is 0 Å². The number of hydrogen-bond donors (Lipinski definition) is 0. The minimum absolute atomic E-state index is 0. The van der Waals surface area contributed by atoms with Crippen molar-refractivity contribution in [3.63, 3.8) is 0 Å². The monoisotopic (exact) mass is 274 g/mol. The number of halogens is 4. The Morgan fingerprint density at radius 2 is 0.750 bits per heavy atom. The maximum absolute atomic E-state index is 2.12. The van der Waals surface area contributed by atoms with Gasteiger partial charge < -0.3 is 49.6 Å². The molecule has 0 amide bonds. The third kappa shape index (κ3) is 95.6. The second-order valence-electron chi connectivity index (χ2n) is 0.707. The summed E-state index contributed by atoms with van der Waals surface area (Å²) in [7, 11) is 0. The van der Waals surface area contributed by atoms with Crippen LogP contribution in [0.1, 0.15) is 20.3 Å². The first-order chi connectivity index (χ1) is 1.41. The third-order valence-corrected chi connectivity index (χ3v) is 0. The summed E-state index contributed by atoms with van der Waals surface area (Å²) in [6.45, 7) is 4.25. The normalized spacial score (nSPS) is 2.25. The molecule has 52 valence electrons. The first-order valence-corrected chi connectivity index (χ1v) is 1.41. The largest absolute Gasteiger partial charge is 4.00 e. The van der Waals surface area contributed by atoms with E-state index in [1.807, 2.05) is 0 Å². The first kappa shape index (κ1) is 50.2. The average molecular weight is 277 g/mol. The molecule has 8 heavy (non-hydrogen) atoms. The SMILES string of the molecule is CCC.[Cl-].[Cl-].[Cl-].[Cl-].[Zr+4]. The van der Waals surface area contributed by atoms with Crippen LogP contribution in [0, 0.1) is 0 Å². The standard InChI is InChI=1S/C3H8.4ClH.Zr/c1-3-2;;;;;/h3H2,1-2H3;4*1H;/q;;;;;+4/p-4. The minimum Gasteiger partial charge on any atom is -1.00 e. The molecule has 0 saturated carbocycles. The molecule has 0 aromatic rings. The molecule has 0 aliphatic carbocycles. The van der Waals surface area contributed by atoms with E-state index in [4.69, 9.17) is 0 Å². The Balaban J connectivity index is -0.00000000200. The van der Waals surface area contributed by atoms with Crippen molar-refractivity contribution < 1.29 is 75.8 Å². The Hall–Kier alpha value is 2.04. The summed E-state index contributed by atoms with van der Waals surface area (Å²) < 4.78 is 0. The zero-order chi connectivity index (χ0) is 2.71. The molecule has 0 atom stereocenters. The van der Waals surface area contributed by atoms with E-state index >= 15 is 0 Å². The van der Waals surface area contributed by atoms with Gasteiger partial charge >= 0.3 is 26.2 Å². The quantitative estimate of drug-likeness (QED) is 0.412. The van der Waals surface area contributed by atoms with Crippen LogP contribution >= 0.6 is 0 Å². The molecule has 0 unspecified atom stereocenters. The molecule has 0 bridgehead atoms. The maximum atomic E-state index is 2.12. The van der Waals surface area contributed by atoms with Gasteiger partial charge in [-0.2, -0.15) is 0 Å². The predicted octanol–water partition coefficient (Wildman–Crippen LogP) is -10.6. The van der Waals surface area contributed by atoms with Gasteiger partial charge in [-0.15, -0.1) is 0 Å². The average Bonchev–Trinajstić information content (AvgIpc) is 0.918. The summed E-state index contributed by atoms with van der Waals surface area (Å²) in [6, 6.07) is 0. The molecule has 0 saturated heterocycles. The van der Waals surface area contributed by atoms with Crippen LogP contribution in [-0.2, 0) is 26.2 Å². The molecule has 0 fully saturated rings. The Bertz CT molecular complexity index is 11.2. The van der Waals surface area contributed by atoms with Crippen LogP contribution in [0.3, 0.4) is 0 Å². The van der Waals surface area contributed by atoms with Gasteiger partial charge in [0.25, 0.3) is 0 Å². The van der Waals surface area contributed by atoms with Crippen LogP contribution in [0.15, 0.2) is 0 Å². The van der Waals surface area contributed by atoms with Crippen molar-refractivity contribution in [1.82, 2.24) is 0 Å². The van der Waals surface area contributed by atoms with E-state index in [0.717, 1.165) is 0 Å². The fourth-order valence-electron chi connectivity index (χ4n) is 0. The summed E-state index contributed by atoms with van der Waals surface area (Å²) in [4.78, 5) is 0. The Kier molecular flexibility index (Phi) is 397. The molecule has 0 nitrogen and oxygen atoms in total. The second-order valence-corrected chi connectivity index (χ2v) is 0.707. The smallest absolute Gasteiger partial charge is 1.00 e. The Morgan fingerprint density at radius 3 is 0.750 bits per heavy atom. The van der Waals surface area contributed by atoms with Gasteiger partial charge in [0.15, 0.2) is 0 Å². The van der Waals surface area contributed by atoms with E-state index in [9.17, 15) is 0 Å². The summed E-state index contributed by atoms with van der Waals surface area (Å²) >= 11 is 0. The summed E-state index contributed by atoms with van der Waals surface area (Å²) in [5, 5.41) is 0. The van der Waals surface area contributed by atoms with E-state index in [1.54, 1.807) is 0 Å². The van der Waals surface area contributed by atoms with Crippen molar-refractivity contribution in [2.24, 2.45) is 0 Å². The molecular formula is C3H8Cl4Zr. The third-order valence-electron chi connectivity index (χ3n) is 0. The van der Waals surface area contributed by atoms with Crippen molar-refractivity contribution in [2.45, 2.75) is 20.3 Å². The first-order valence-electron chi connectivity index (χ1n) is 1.41. The van der Waals surface area contributed by atoms with Gasteiger partial charge in [-0.3, -0.25) is 0 Å². The molecule has 0 N–H and O–H groups in total. The topological polar surface area (TPSA) is 0 Å². The molecule has 0 spiro atoms. The van der Waals surface area contributed by atoms with Gasteiger partial charge in [0.2, 0.25) is 0 Å². The van der Waals surface area contributed by atoms with Crippen molar-refractivity contribution in [2.75, 3.05) is 0 Å². The maximum Gasteiger partial charge on any atom is 4.00 e. The summed E-state index contributed by atoms with van der Waals surface area (Å²) in [5.41, 5.74) is 0. The number of rotatable bonds is 0. The molecule has 0 rings (SSSR count). The molecule has 0 aliphatic heterocycles. The van der Waals surface area contributed by atoms with Crippen LogP contribution in [0.25, 0.3) is 0 Å². The zero-order valence-corrected chi connectivity index (χ0v) is 10.2. The molecule has 0 aromatic heterocycles. The fraction of sp³-hybridized carbons (Fsp3) is 1.00. The van der Waals surface area contributed by atoms with E-state index in [0.29, 0.717) is 0 Å². The summed E-state index contributed by atoms with van der Waals surface area (Å²) in [6.07, 6.45) is 1.25. The van der Waals surface area contributed by atoms with E-state index in [-0.39, 0.29) is 75.8 Å². The Labute approximate surface area is 95.3 Å². The van der Waals surface area contributed by atoms with Crippen molar-refractivity contribution >= 4 is 0 Å². The second kappa shape index (κ2) is 63.2. The van der Waals surface area contributed by atoms with Gasteiger partial charge in [0.1, 0.15) is 0 Å². The fourth-order valence-corrected chi connectivity index (χ4v) is 0. The Morgan fingerprint density at radius 1 is 0.750 bits per heavy atom. The van der Waals surface area contributed by atoms with Crippen molar-refractivity contribution in [3.05, 3.63) is 0 Å². The van der Waals surface area contributed by atoms with Gasteiger partial charge in [-0.05, 0) is 0 Å². The summed E-state index contributed by atoms with van der Waals surface area (Å²) in [5.74, 6) is 0. The van der Waals surface area contributed by atoms with Gasteiger partial charge in [-0.25, -0.2) is 0 Å². The molecular weight excluding hydrogens is 269 g/mol. The molecule has 0 heterocycles. The minimum atomic E-state index is 0. The predicted molar refractivity (Wildman–Crippen MR) is 16.0 cm³/mol. The van der Waals surface area contributed by atoms with Crippen molar-refractivity contribution in [3.8, 4) is 0 Å². The van der Waals surface area contributed by atoms with Crippen LogP contribution in [0.4, 0.5) is 0 Å². The van der Waals surface area contributed by atoms with Crippen LogP contribution in [-0.4, -0.2) is 0 Å². The van der Waals surface area contributed by atoms with E-state index in [1.165, 1.54) is 6.42 Å². The van der Waals surface area contributed by atoms with Crippen LogP contribution in [0.2, 0.25) is 0 Å². The van der Waals surface area contributed by atoms with Crippen LogP contribution < -0.4 is 49.6 Å². The van der Waals surface area contributed by atoms with Crippen LogP contribution in [0.5, 0.6) is 0 Å². The number of hydrogen-bond acceptors (Lipinski definition) is 0. The van der Waals surface area contributed by atoms with E-state index < -0.39 is 0 Å². The van der Waals surface area contributed by atoms with E-state index in [2.05, 4.69) is 13.8 Å². The van der Waals surface area contributed by atoms with Gasteiger partial charge in [-0.1, -0.05) is 20.3 Å². The molecule has 0 aliphatic rings. The molecule has 5 heteroatoms. The molecule has 0 aromatic carbocycles. The molecule has 0 radical (unpaired) electrons.